The summed E-state index contributed by atoms with van der Waals surface area (Å²) in [6.07, 6.45) is 0. The maximum absolute atomic E-state index is 8.82. The first-order valence-corrected chi connectivity index (χ1v) is 12.5. The molecule has 0 N–H and O–H groups in total. The van der Waals surface area contributed by atoms with E-state index in [1.54, 1.807) is 28.8 Å². The van der Waals surface area contributed by atoms with Gasteiger partial charge in [0.15, 0.2) is 11.6 Å². The summed E-state index contributed by atoms with van der Waals surface area (Å²) >= 11 is 6.48. The number of rotatable bonds is 3. The second-order valence-electron chi connectivity index (χ2n) is 8.98. The van der Waals surface area contributed by atoms with Crippen molar-refractivity contribution in [2.75, 3.05) is 0 Å². The number of nitrogens with zero attached hydrogens (tertiary/aromatic N) is 4. The third-order valence-corrected chi connectivity index (χ3v) is 6.93. The van der Waals surface area contributed by atoms with Gasteiger partial charge < -0.3 is 8.98 Å². The summed E-state index contributed by atoms with van der Waals surface area (Å²) in [6, 6.07) is 22.3. The van der Waals surface area contributed by atoms with Gasteiger partial charge in [0.25, 0.3) is 0 Å². The van der Waals surface area contributed by atoms with Crippen LogP contribution in [0.1, 0.15) is 8.22 Å². The van der Waals surface area contributed by atoms with E-state index in [-0.39, 0.29) is 69.2 Å². The Bertz CT molecular complexity index is 2470. The molecule has 0 spiro atoms. The van der Waals surface area contributed by atoms with Crippen molar-refractivity contribution in [3.05, 3.63) is 120 Å². The molecule has 0 aliphatic carbocycles. The predicted octanol–water partition coefficient (Wildman–Crippen LogP) is 8.86. The fraction of sp³-hybridized carbons (Fsp3) is 0. The van der Waals surface area contributed by atoms with Crippen molar-refractivity contribution in [3.8, 4) is 28.5 Å². The van der Waals surface area contributed by atoms with E-state index in [1.807, 2.05) is 42.5 Å². The van der Waals surface area contributed by atoms with E-state index in [9.17, 15) is 0 Å². The zero-order chi connectivity index (χ0) is 31.1. The number of para-hydroxylation sites is 4. The molecule has 0 amide bonds. The summed E-state index contributed by atoms with van der Waals surface area (Å²) in [5, 5.41) is 2.24. The number of furan rings is 1. The largest absolute Gasteiger partial charge is 0.456 e. The lowest BCUT2D eigenvalue weighted by Crippen LogP contribution is -2.02. The molecule has 3 aromatic heterocycles. The summed E-state index contributed by atoms with van der Waals surface area (Å²) in [4.78, 5) is 13.6. The van der Waals surface area contributed by atoms with Gasteiger partial charge in [0.05, 0.1) is 24.9 Å². The second-order valence-corrected chi connectivity index (χ2v) is 9.31. The number of hydrogen-bond acceptors (Lipinski definition) is 4. The quantitative estimate of drug-likeness (QED) is 0.230. The summed E-state index contributed by atoms with van der Waals surface area (Å²) in [5.74, 6) is 0.538. The van der Waals surface area contributed by atoms with Crippen molar-refractivity contribution in [2.24, 2.45) is 0 Å². The Balaban J connectivity index is 1.39. The van der Waals surface area contributed by atoms with Gasteiger partial charge in [-0.25, -0.2) is 4.98 Å². The molecule has 0 radical (unpaired) electrons. The van der Waals surface area contributed by atoms with Gasteiger partial charge in [-0.05, 0) is 54.0 Å². The maximum atomic E-state index is 8.82. The normalized spacial score (nSPS) is 13.9. The van der Waals surface area contributed by atoms with Crippen LogP contribution >= 0.6 is 11.6 Å². The summed E-state index contributed by atoms with van der Waals surface area (Å²) in [6.45, 7) is 0. The SMILES string of the molecule is [2H]c1cc([2H])c2c(c1[2H])c1c([2H])c([2H])cc([2H])c1n2-c1ccccc1-c1nc(Cl)nc(-c2ccc3c(c2)oc2ccccc23)n1. The van der Waals surface area contributed by atoms with Crippen LogP contribution in [0.4, 0.5) is 0 Å². The minimum Gasteiger partial charge on any atom is -0.456 e. The Labute approximate surface area is 236 Å². The van der Waals surface area contributed by atoms with E-state index >= 15 is 0 Å². The van der Waals surface area contributed by atoms with Crippen molar-refractivity contribution in [1.29, 1.82) is 0 Å². The van der Waals surface area contributed by atoms with Gasteiger partial charge >= 0.3 is 0 Å². The fourth-order valence-corrected chi connectivity index (χ4v) is 5.24. The minimum absolute atomic E-state index is 0.0429. The van der Waals surface area contributed by atoms with Crippen molar-refractivity contribution in [1.82, 2.24) is 19.5 Å². The van der Waals surface area contributed by atoms with Crippen LogP contribution in [-0.2, 0) is 0 Å². The Morgan fingerprint density at radius 1 is 0.641 bits per heavy atom. The molecule has 5 nitrogen and oxygen atoms in total. The average molecular weight is 529 g/mol. The molecule has 8 aromatic rings. The van der Waals surface area contributed by atoms with Crippen molar-refractivity contribution in [3.63, 3.8) is 0 Å². The standard InChI is InChI=1S/C33H19ClN4O/c34-33-36-31(20-17-18-24-23-11-4-8-16-29(23)39-30(24)19-20)35-32(37-33)25-12-3-7-15-28(25)38-26-13-5-1-9-21(26)22-10-2-6-14-27(22)38/h1-19H/i1D,2D,9D,10D,13D,14D. The van der Waals surface area contributed by atoms with Gasteiger partial charge in [0.2, 0.25) is 5.28 Å². The zero-order valence-electron chi connectivity index (χ0n) is 26.1. The van der Waals surface area contributed by atoms with Gasteiger partial charge in [-0.3, -0.25) is 0 Å². The number of aromatic nitrogens is 4. The summed E-state index contributed by atoms with van der Waals surface area (Å²) < 4.78 is 59.3. The van der Waals surface area contributed by atoms with Gasteiger partial charge in [-0.15, -0.1) is 0 Å². The Hall–Kier alpha value is -5.00. The Kier molecular flexibility index (Phi) is 3.66. The van der Waals surface area contributed by atoms with E-state index in [4.69, 9.17) is 29.2 Å². The van der Waals surface area contributed by atoms with Crippen molar-refractivity contribution < 1.29 is 12.6 Å². The number of benzene rings is 5. The average Bonchev–Trinajstić information content (AvgIpc) is 3.59. The van der Waals surface area contributed by atoms with Crippen LogP contribution in [0.2, 0.25) is 5.28 Å². The molecule has 0 aliphatic heterocycles. The maximum Gasteiger partial charge on any atom is 0.226 e. The van der Waals surface area contributed by atoms with Gasteiger partial charge in [0, 0.05) is 32.7 Å². The monoisotopic (exact) mass is 528 g/mol. The minimum atomic E-state index is -0.188. The number of fused-ring (bicyclic) bond motifs is 6. The first kappa shape index (κ1) is 16.8. The first-order chi connectivity index (χ1) is 21.7. The van der Waals surface area contributed by atoms with Crippen LogP contribution in [-0.4, -0.2) is 19.5 Å². The third kappa shape index (κ3) is 3.44. The zero-order valence-corrected chi connectivity index (χ0v) is 20.8. The smallest absolute Gasteiger partial charge is 0.226 e. The molecule has 0 saturated heterocycles. The molecule has 39 heavy (non-hydrogen) atoms. The van der Waals surface area contributed by atoms with Crippen LogP contribution in [0.5, 0.6) is 0 Å². The molecule has 3 heterocycles. The van der Waals surface area contributed by atoms with E-state index in [0.29, 0.717) is 28.2 Å². The molecule has 0 bridgehead atoms. The molecular formula is C33H19ClN4O. The lowest BCUT2D eigenvalue weighted by Gasteiger charge is -2.13. The van der Waals surface area contributed by atoms with Crippen molar-refractivity contribution in [2.45, 2.75) is 0 Å². The highest BCUT2D eigenvalue weighted by molar-refractivity contribution is 6.28. The van der Waals surface area contributed by atoms with Crippen molar-refractivity contribution >= 4 is 55.3 Å². The van der Waals surface area contributed by atoms with Gasteiger partial charge in [-0.1, -0.05) is 72.7 Å². The molecule has 0 unspecified atom stereocenters. The Morgan fingerprint density at radius 2 is 1.33 bits per heavy atom. The van der Waals surface area contributed by atoms with E-state index in [1.165, 1.54) is 12.1 Å². The van der Waals surface area contributed by atoms with E-state index in [0.717, 1.165) is 16.4 Å². The molecular weight excluding hydrogens is 504 g/mol. The molecule has 0 fully saturated rings. The first-order valence-electron chi connectivity index (χ1n) is 15.2. The summed E-state index contributed by atoms with van der Waals surface area (Å²) in [5.41, 5.74) is 3.53. The van der Waals surface area contributed by atoms with E-state index < -0.39 is 0 Å². The topological polar surface area (TPSA) is 56.7 Å². The van der Waals surface area contributed by atoms with E-state index in [2.05, 4.69) is 9.97 Å². The van der Waals surface area contributed by atoms with Crippen LogP contribution in [0.25, 0.3) is 72.2 Å². The summed E-state index contributed by atoms with van der Waals surface area (Å²) in [7, 11) is 0. The van der Waals surface area contributed by atoms with Crippen LogP contribution in [0, 0.1) is 0 Å². The van der Waals surface area contributed by atoms with Crippen LogP contribution in [0.3, 0.4) is 0 Å². The lowest BCUT2D eigenvalue weighted by molar-refractivity contribution is 0.669. The fourth-order valence-electron chi connectivity index (χ4n) is 5.08. The Morgan fingerprint density at radius 3 is 2.15 bits per heavy atom. The number of hydrogen-bond donors (Lipinski definition) is 0. The van der Waals surface area contributed by atoms with Crippen LogP contribution < -0.4 is 0 Å². The molecule has 0 aliphatic rings. The highest BCUT2D eigenvalue weighted by Crippen LogP contribution is 2.36. The molecule has 6 heteroatoms. The van der Waals surface area contributed by atoms with Crippen LogP contribution in [0.15, 0.2) is 120 Å². The predicted molar refractivity (Wildman–Crippen MR) is 157 cm³/mol. The third-order valence-electron chi connectivity index (χ3n) is 6.76. The molecule has 8 rings (SSSR count). The number of halogens is 1. The second kappa shape index (κ2) is 8.51. The van der Waals surface area contributed by atoms with Gasteiger partial charge in [-0.2, -0.15) is 9.97 Å². The van der Waals surface area contributed by atoms with Gasteiger partial charge in [0.1, 0.15) is 11.2 Å². The highest BCUT2D eigenvalue weighted by atomic mass is 35.5. The molecule has 0 saturated carbocycles. The molecule has 5 aromatic carbocycles. The highest BCUT2D eigenvalue weighted by Gasteiger charge is 2.18. The molecule has 0 atom stereocenters. The molecule has 184 valence electrons. The lowest BCUT2D eigenvalue weighted by atomic mass is 10.1.